The second kappa shape index (κ2) is 11.2. The molecule has 0 bridgehead atoms. The van der Waals surface area contributed by atoms with Gasteiger partial charge in [-0.3, -0.25) is 19.4 Å². The van der Waals surface area contributed by atoms with Gasteiger partial charge in [-0.25, -0.2) is 0 Å². The molecular weight excluding hydrogens is 476 g/mol. The lowest BCUT2D eigenvalue weighted by atomic mass is 9.93. The number of carbonyl (C=O) groups is 3. The quantitative estimate of drug-likeness (QED) is 0.515. The van der Waals surface area contributed by atoms with Gasteiger partial charge in [0.1, 0.15) is 0 Å². The van der Waals surface area contributed by atoms with E-state index in [0.717, 1.165) is 29.9 Å². The fraction of sp³-hybridized carbons (Fsp3) is 0.304. The van der Waals surface area contributed by atoms with Gasteiger partial charge in [-0.15, -0.1) is 10.2 Å². The molecule has 4 rings (SSSR count). The summed E-state index contributed by atoms with van der Waals surface area (Å²) in [5.74, 6) is -0.511. The van der Waals surface area contributed by atoms with Gasteiger partial charge >= 0.3 is 0 Å². The molecule has 0 spiro atoms. The SMILES string of the molecule is O=C(CC1CCN(C(=O)c2nnc(C(=O)Nc3cccc(Cl)c3)s2)CC1)NCc1ccccn1. The van der Waals surface area contributed by atoms with Crippen LogP contribution in [0.4, 0.5) is 5.69 Å². The van der Waals surface area contributed by atoms with E-state index in [-0.39, 0.29) is 27.7 Å². The van der Waals surface area contributed by atoms with Crippen molar-refractivity contribution in [2.75, 3.05) is 18.4 Å². The van der Waals surface area contributed by atoms with Crippen LogP contribution in [0, 0.1) is 5.92 Å². The summed E-state index contributed by atoms with van der Waals surface area (Å²) in [5.41, 5.74) is 1.35. The maximum Gasteiger partial charge on any atom is 0.286 e. The lowest BCUT2D eigenvalue weighted by Gasteiger charge is -2.31. The highest BCUT2D eigenvalue weighted by Crippen LogP contribution is 2.23. The molecule has 0 atom stereocenters. The lowest BCUT2D eigenvalue weighted by Crippen LogP contribution is -2.39. The molecule has 1 fully saturated rings. The first kappa shape index (κ1) is 23.8. The molecule has 3 heterocycles. The van der Waals surface area contributed by atoms with Gasteiger partial charge < -0.3 is 15.5 Å². The summed E-state index contributed by atoms with van der Waals surface area (Å²) in [6.45, 7) is 1.46. The number of anilines is 1. The second-order valence-electron chi connectivity index (χ2n) is 7.91. The van der Waals surface area contributed by atoms with Gasteiger partial charge in [0, 0.05) is 36.4 Å². The molecule has 0 aliphatic carbocycles. The van der Waals surface area contributed by atoms with Crippen LogP contribution >= 0.6 is 22.9 Å². The van der Waals surface area contributed by atoms with Crippen molar-refractivity contribution in [2.24, 2.45) is 5.92 Å². The van der Waals surface area contributed by atoms with Gasteiger partial charge in [-0.2, -0.15) is 0 Å². The normalized spacial score (nSPS) is 14.0. The number of likely N-dealkylation sites (tertiary alicyclic amines) is 1. The van der Waals surface area contributed by atoms with Crippen molar-refractivity contribution >= 4 is 46.3 Å². The summed E-state index contributed by atoms with van der Waals surface area (Å²) in [4.78, 5) is 43.4. The van der Waals surface area contributed by atoms with Crippen LogP contribution in [0.15, 0.2) is 48.7 Å². The highest BCUT2D eigenvalue weighted by atomic mass is 35.5. The summed E-state index contributed by atoms with van der Waals surface area (Å²) in [6.07, 6.45) is 3.57. The summed E-state index contributed by atoms with van der Waals surface area (Å²) < 4.78 is 0. The average molecular weight is 499 g/mol. The Hall–Kier alpha value is -3.37. The number of halogens is 1. The minimum atomic E-state index is -0.450. The Labute approximate surface area is 205 Å². The summed E-state index contributed by atoms with van der Waals surface area (Å²) >= 11 is 6.89. The van der Waals surface area contributed by atoms with Crippen LogP contribution in [0.5, 0.6) is 0 Å². The molecule has 2 N–H and O–H groups in total. The molecule has 2 aromatic heterocycles. The van der Waals surface area contributed by atoms with Gasteiger partial charge in [0.15, 0.2) is 0 Å². The third-order valence-corrected chi connectivity index (χ3v) is 6.60. The smallest absolute Gasteiger partial charge is 0.286 e. The molecule has 3 amide bonds. The predicted octanol–water partition coefficient (Wildman–Crippen LogP) is 3.40. The maximum absolute atomic E-state index is 12.8. The number of piperidine rings is 1. The van der Waals surface area contributed by atoms with Crippen LogP contribution in [0.1, 0.15) is 44.6 Å². The Balaban J connectivity index is 1.24. The standard InChI is InChI=1S/C23H23ClN6O3S/c24-16-4-3-6-17(13-16)27-20(32)21-28-29-22(34-21)23(33)30-10-7-15(8-11-30)12-19(31)26-14-18-5-1-2-9-25-18/h1-6,9,13,15H,7-8,10-12,14H2,(H,26,31)(H,27,32). The van der Waals surface area contributed by atoms with E-state index in [1.807, 2.05) is 18.2 Å². The van der Waals surface area contributed by atoms with E-state index in [1.54, 1.807) is 35.4 Å². The minimum absolute atomic E-state index is 0.0186. The predicted molar refractivity (Wildman–Crippen MR) is 129 cm³/mol. The van der Waals surface area contributed by atoms with Crippen LogP contribution in [-0.4, -0.2) is 50.9 Å². The molecule has 176 valence electrons. The first-order valence-corrected chi connectivity index (χ1v) is 12.0. The van der Waals surface area contributed by atoms with Gasteiger partial charge in [0.2, 0.25) is 15.9 Å². The molecule has 1 aliphatic rings. The van der Waals surface area contributed by atoms with E-state index >= 15 is 0 Å². The largest absolute Gasteiger partial charge is 0.350 e. The molecule has 9 nitrogen and oxygen atoms in total. The van der Waals surface area contributed by atoms with E-state index in [1.165, 1.54) is 0 Å². The summed E-state index contributed by atoms with van der Waals surface area (Å²) in [7, 11) is 0. The van der Waals surface area contributed by atoms with Gasteiger partial charge in [0.25, 0.3) is 11.8 Å². The fourth-order valence-corrected chi connectivity index (χ4v) is 4.55. The fourth-order valence-electron chi connectivity index (χ4n) is 3.65. The summed E-state index contributed by atoms with van der Waals surface area (Å²) in [6, 6.07) is 12.3. The Morgan fingerprint density at radius 3 is 2.59 bits per heavy atom. The zero-order chi connectivity index (χ0) is 23.9. The number of benzene rings is 1. The Kier molecular flexibility index (Phi) is 7.81. The number of amides is 3. The average Bonchev–Trinajstić information content (AvgIpc) is 3.34. The third-order valence-electron chi connectivity index (χ3n) is 5.45. The van der Waals surface area contributed by atoms with E-state index in [2.05, 4.69) is 25.8 Å². The van der Waals surface area contributed by atoms with Crippen molar-refractivity contribution in [3.63, 3.8) is 0 Å². The zero-order valence-electron chi connectivity index (χ0n) is 18.2. The Bertz CT molecular complexity index is 1160. The van der Waals surface area contributed by atoms with E-state index in [9.17, 15) is 14.4 Å². The topological polar surface area (TPSA) is 117 Å². The molecule has 0 radical (unpaired) electrons. The Morgan fingerprint density at radius 2 is 1.85 bits per heavy atom. The third kappa shape index (κ3) is 6.36. The molecule has 3 aromatic rings. The number of pyridine rings is 1. The highest BCUT2D eigenvalue weighted by molar-refractivity contribution is 7.15. The molecule has 1 aromatic carbocycles. The number of hydrogen-bond acceptors (Lipinski definition) is 7. The van der Waals surface area contributed by atoms with E-state index in [0.29, 0.717) is 36.8 Å². The number of hydrogen-bond donors (Lipinski definition) is 2. The monoisotopic (exact) mass is 498 g/mol. The van der Waals surface area contributed by atoms with Crippen molar-refractivity contribution in [2.45, 2.75) is 25.8 Å². The van der Waals surface area contributed by atoms with Crippen molar-refractivity contribution < 1.29 is 14.4 Å². The molecular formula is C23H23ClN6O3S. The van der Waals surface area contributed by atoms with Crippen molar-refractivity contribution in [3.05, 3.63) is 69.4 Å². The molecule has 11 heteroatoms. The Morgan fingerprint density at radius 1 is 1.06 bits per heavy atom. The molecule has 0 unspecified atom stereocenters. The number of rotatable bonds is 7. The van der Waals surface area contributed by atoms with Crippen molar-refractivity contribution in [1.82, 2.24) is 25.4 Å². The summed E-state index contributed by atoms with van der Waals surface area (Å²) in [5, 5.41) is 14.1. The molecule has 1 aliphatic heterocycles. The lowest BCUT2D eigenvalue weighted by molar-refractivity contribution is -0.122. The maximum atomic E-state index is 12.8. The first-order chi connectivity index (χ1) is 16.5. The van der Waals surface area contributed by atoms with Gasteiger partial charge in [-0.1, -0.05) is 35.1 Å². The number of nitrogens with one attached hydrogen (secondary N) is 2. The second-order valence-corrected chi connectivity index (χ2v) is 9.33. The highest BCUT2D eigenvalue weighted by Gasteiger charge is 2.28. The molecule has 34 heavy (non-hydrogen) atoms. The number of carbonyl (C=O) groups excluding carboxylic acids is 3. The molecule has 0 saturated carbocycles. The number of nitrogens with zero attached hydrogens (tertiary/aromatic N) is 4. The van der Waals surface area contributed by atoms with E-state index < -0.39 is 5.91 Å². The van der Waals surface area contributed by atoms with Gasteiger partial charge in [-0.05, 0) is 49.1 Å². The number of aromatic nitrogens is 3. The first-order valence-electron chi connectivity index (χ1n) is 10.8. The minimum Gasteiger partial charge on any atom is -0.350 e. The van der Waals surface area contributed by atoms with Crippen LogP contribution in [0.2, 0.25) is 5.02 Å². The van der Waals surface area contributed by atoms with Crippen molar-refractivity contribution in [1.29, 1.82) is 0 Å². The van der Waals surface area contributed by atoms with E-state index in [4.69, 9.17) is 11.6 Å². The van der Waals surface area contributed by atoms with Crippen LogP contribution in [-0.2, 0) is 11.3 Å². The van der Waals surface area contributed by atoms with Crippen LogP contribution in [0.25, 0.3) is 0 Å². The molecule has 1 saturated heterocycles. The van der Waals surface area contributed by atoms with Crippen LogP contribution < -0.4 is 10.6 Å². The van der Waals surface area contributed by atoms with Gasteiger partial charge in [0.05, 0.1) is 12.2 Å². The van der Waals surface area contributed by atoms with Crippen LogP contribution in [0.3, 0.4) is 0 Å². The van der Waals surface area contributed by atoms with Crippen molar-refractivity contribution in [3.8, 4) is 0 Å². The zero-order valence-corrected chi connectivity index (χ0v) is 19.8.